The molecule has 0 aromatic rings. The zero-order valence-corrected chi connectivity index (χ0v) is 12.0. The first kappa shape index (κ1) is 16.3. The molecule has 1 N–H and O–H groups in total. The van der Waals surface area contributed by atoms with Crippen molar-refractivity contribution in [3.8, 4) is 0 Å². The highest BCUT2D eigenvalue weighted by Crippen LogP contribution is 2.23. The second kappa shape index (κ2) is 8.39. The largest absolute Gasteiger partial charge is 0.466 e. The van der Waals surface area contributed by atoms with Gasteiger partial charge in [-0.05, 0) is 19.1 Å². The normalized spacial score (nSPS) is 11.1. The molecule has 0 heterocycles. The molecule has 0 saturated heterocycles. The highest BCUT2D eigenvalue weighted by molar-refractivity contribution is 8.00. The van der Waals surface area contributed by atoms with Gasteiger partial charge in [0.2, 0.25) is 5.91 Å². The van der Waals surface area contributed by atoms with Gasteiger partial charge in [0.05, 0.1) is 6.61 Å². The second-order valence-electron chi connectivity index (χ2n) is 4.65. The third kappa shape index (κ3) is 11.6. The quantitative estimate of drug-likeness (QED) is 0.432. The Hall–Kier alpha value is -0.710. The summed E-state index contributed by atoms with van der Waals surface area (Å²) in [4.78, 5) is 22.3. The molecule has 4 nitrogen and oxygen atoms in total. The minimum Gasteiger partial charge on any atom is -0.466 e. The highest BCUT2D eigenvalue weighted by atomic mass is 32.2. The Morgan fingerprint density at radius 2 is 1.94 bits per heavy atom. The van der Waals surface area contributed by atoms with Crippen molar-refractivity contribution in [1.29, 1.82) is 0 Å². The Bertz CT molecular complexity index is 249. The van der Waals surface area contributed by atoms with Crippen molar-refractivity contribution in [3.05, 3.63) is 0 Å². The summed E-state index contributed by atoms with van der Waals surface area (Å²) in [5.74, 6) is 0.279. The number of hydrogen-bond acceptors (Lipinski definition) is 4. The summed E-state index contributed by atoms with van der Waals surface area (Å²) in [6.07, 6.45) is 0.733. The fraction of sp³-hybridized carbons (Fsp3) is 0.833. The Balaban J connectivity index is 3.49. The molecule has 0 spiro atoms. The van der Waals surface area contributed by atoms with Crippen molar-refractivity contribution in [2.75, 3.05) is 18.9 Å². The molecule has 0 aliphatic carbocycles. The van der Waals surface area contributed by atoms with Crippen molar-refractivity contribution in [1.82, 2.24) is 5.32 Å². The van der Waals surface area contributed by atoms with Crippen LogP contribution in [-0.4, -0.2) is 35.5 Å². The third-order valence-corrected chi connectivity index (χ3v) is 3.15. The molecular formula is C12H23NO3S. The number of thioether (sulfide) groups is 1. The van der Waals surface area contributed by atoms with Crippen LogP contribution in [0, 0.1) is 0 Å². The molecule has 0 fully saturated rings. The Labute approximate surface area is 108 Å². The summed E-state index contributed by atoms with van der Waals surface area (Å²) in [7, 11) is 0. The maximum atomic E-state index is 11.3. The molecule has 17 heavy (non-hydrogen) atoms. The van der Waals surface area contributed by atoms with E-state index >= 15 is 0 Å². The first-order chi connectivity index (χ1) is 7.85. The van der Waals surface area contributed by atoms with E-state index in [1.165, 1.54) is 0 Å². The fourth-order valence-corrected chi connectivity index (χ4v) is 1.98. The topological polar surface area (TPSA) is 55.4 Å². The minimum absolute atomic E-state index is 0.180. The van der Waals surface area contributed by atoms with Crippen molar-refractivity contribution in [3.63, 3.8) is 0 Å². The third-order valence-electron chi connectivity index (χ3n) is 1.79. The van der Waals surface area contributed by atoms with Crippen molar-refractivity contribution >= 4 is 23.6 Å². The van der Waals surface area contributed by atoms with Gasteiger partial charge in [0.25, 0.3) is 0 Å². The number of amides is 1. The molecule has 0 bridgehead atoms. The van der Waals surface area contributed by atoms with E-state index in [9.17, 15) is 9.59 Å². The van der Waals surface area contributed by atoms with Gasteiger partial charge in [0.15, 0.2) is 0 Å². The fourth-order valence-electron chi connectivity index (χ4n) is 1.08. The molecule has 0 aliphatic rings. The molecule has 100 valence electrons. The van der Waals surface area contributed by atoms with E-state index in [0.29, 0.717) is 13.2 Å². The minimum atomic E-state index is -0.464. The van der Waals surface area contributed by atoms with E-state index in [1.54, 1.807) is 6.92 Å². The number of nitrogens with one attached hydrogen (secondary N) is 1. The van der Waals surface area contributed by atoms with E-state index in [4.69, 9.17) is 0 Å². The van der Waals surface area contributed by atoms with E-state index in [-0.39, 0.29) is 17.1 Å². The number of esters is 1. The monoisotopic (exact) mass is 261 g/mol. The van der Waals surface area contributed by atoms with Gasteiger partial charge in [0, 0.05) is 11.3 Å². The lowest BCUT2D eigenvalue weighted by molar-refractivity contribution is -0.145. The lowest BCUT2D eigenvalue weighted by atomic mass is 10.3. The van der Waals surface area contributed by atoms with Gasteiger partial charge >= 0.3 is 5.97 Å². The lowest BCUT2D eigenvalue weighted by Gasteiger charge is -2.17. The van der Waals surface area contributed by atoms with Crippen LogP contribution in [0.2, 0.25) is 0 Å². The number of carbonyl (C=O) groups excluding carboxylic acids is 2. The summed E-state index contributed by atoms with van der Waals surface area (Å²) >= 11 is 1.86. The van der Waals surface area contributed by atoms with Crippen LogP contribution in [-0.2, 0) is 14.3 Å². The summed E-state index contributed by atoms with van der Waals surface area (Å²) in [6.45, 7) is 9.14. The lowest BCUT2D eigenvalue weighted by Crippen LogP contribution is -2.27. The van der Waals surface area contributed by atoms with Crippen LogP contribution >= 0.6 is 11.8 Å². The van der Waals surface area contributed by atoms with Gasteiger partial charge in [0.1, 0.15) is 6.42 Å². The molecule has 0 aromatic carbocycles. The molecule has 0 atom stereocenters. The Morgan fingerprint density at radius 1 is 1.29 bits per heavy atom. The van der Waals surface area contributed by atoms with Gasteiger partial charge < -0.3 is 10.1 Å². The van der Waals surface area contributed by atoms with Gasteiger partial charge in [-0.1, -0.05) is 20.8 Å². The molecule has 0 aromatic heterocycles. The molecule has 0 saturated carbocycles. The molecular weight excluding hydrogens is 238 g/mol. The van der Waals surface area contributed by atoms with Crippen LogP contribution in [0.15, 0.2) is 0 Å². The van der Waals surface area contributed by atoms with E-state index in [2.05, 4.69) is 30.8 Å². The first-order valence-electron chi connectivity index (χ1n) is 5.91. The Morgan fingerprint density at radius 3 is 2.47 bits per heavy atom. The van der Waals surface area contributed by atoms with E-state index in [1.807, 2.05) is 11.8 Å². The van der Waals surface area contributed by atoms with Crippen LogP contribution in [0.4, 0.5) is 0 Å². The molecule has 0 unspecified atom stereocenters. The van der Waals surface area contributed by atoms with Crippen LogP contribution < -0.4 is 5.32 Å². The average Bonchev–Trinajstić information content (AvgIpc) is 2.15. The maximum absolute atomic E-state index is 11.3. The van der Waals surface area contributed by atoms with Crippen LogP contribution in [0.1, 0.15) is 40.5 Å². The number of ether oxygens (including phenoxy) is 1. The molecule has 0 aliphatic heterocycles. The molecule has 1 amide bonds. The van der Waals surface area contributed by atoms with E-state index < -0.39 is 5.97 Å². The van der Waals surface area contributed by atoms with Crippen LogP contribution in [0.5, 0.6) is 0 Å². The summed E-state index contributed by atoms with van der Waals surface area (Å²) < 4.78 is 4.94. The zero-order chi connectivity index (χ0) is 13.3. The smallest absolute Gasteiger partial charge is 0.315 e. The number of carbonyl (C=O) groups is 2. The first-order valence-corrected chi connectivity index (χ1v) is 6.90. The summed E-state index contributed by atoms with van der Waals surface area (Å²) in [5, 5.41) is 2.71. The van der Waals surface area contributed by atoms with Gasteiger partial charge in [-0.25, -0.2) is 0 Å². The van der Waals surface area contributed by atoms with Gasteiger partial charge in [-0.15, -0.1) is 0 Å². The summed E-state index contributed by atoms with van der Waals surface area (Å²) in [6, 6.07) is 0. The standard InChI is InChI=1S/C12H23NO3S/c1-5-16-11(15)9-10(14)13-7-6-8-17-12(2,3)4/h5-9H2,1-4H3,(H,13,14). The Kier molecular flexibility index (Phi) is 8.04. The van der Waals surface area contributed by atoms with Crippen LogP contribution in [0.3, 0.4) is 0 Å². The van der Waals surface area contributed by atoms with Crippen LogP contribution in [0.25, 0.3) is 0 Å². The average molecular weight is 261 g/mol. The van der Waals surface area contributed by atoms with E-state index in [0.717, 1.165) is 12.2 Å². The zero-order valence-electron chi connectivity index (χ0n) is 11.2. The van der Waals surface area contributed by atoms with Crippen molar-refractivity contribution < 1.29 is 14.3 Å². The van der Waals surface area contributed by atoms with Gasteiger partial charge in [-0.3, -0.25) is 9.59 Å². The predicted molar refractivity (Wildman–Crippen MR) is 71.1 cm³/mol. The SMILES string of the molecule is CCOC(=O)CC(=O)NCCCSC(C)(C)C. The maximum Gasteiger partial charge on any atom is 0.315 e. The predicted octanol–water partition coefficient (Wildman–Crippen LogP) is 1.98. The van der Waals surface area contributed by atoms with Gasteiger partial charge in [-0.2, -0.15) is 11.8 Å². The molecule has 5 heteroatoms. The second-order valence-corrected chi connectivity index (χ2v) is 6.57. The number of rotatable bonds is 7. The highest BCUT2D eigenvalue weighted by Gasteiger charge is 2.11. The molecule has 0 radical (unpaired) electrons. The summed E-state index contributed by atoms with van der Waals surface area (Å²) in [5.41, 5.74) is 0. The molecule has 0 rings (SSSR count). The van der Waals surface area contributed by atoms with Crippen molar-refractivity contribution in [2.45, 2.75) is 45.3 Å². The number of hydrogen-bond donors (Lipinski definition) is 1. The van der Waals surface area contributed by atoms with Crippen molar-refractivity contribution in [2.24, 2.45) is 0 Å².